The largest absolute Gasteiger partial charge is 0.365 e. The third-order valence-corrected chi connectivity index (χ3v) is 4.11. The molecule has 5 heteroatoms. The van der Waals surface area contributed by atoms with E-state index in [4.69, 9.17) is 0 Å². The van der Waals surface area contributed by atoms with Gasteiger partial charge in [-0.15, -0.1) is 11.3 Å². The lowest BCUT2D eigenvalue weighted by Crippen LogP contribution is -2.30. The van der Waals surface area contributed by atoms with Crippen molar-refractivity contribution < 1.29 is 0 Å². The number of thiazole rings is 1. The lowest BCUT2D eigenvalue weighted by Gasteiger charge is -2.24. The predicted molar refractivity (Wildman–Crippen MR) is 85.7 cm³/mol. The number of anilines is 1. The van der Waals surface area contributed by atoms with Gasteiger partial charge in [0.2, 0.25) is 0 Å². The van der Waals surface area contributed by atoms with Crippen molar-refractivity contribution in [1.82, 2.24) is 9.55 Å². The fourth-order valence-electron chi connectivity index (χ4n) is 2.25. The quantitative estimate of drug-likeness (QED) is 0.943. The van der Waals surface area contributed by atoms with E-state index in [0.717, 1.165) is 16.5 Å². The molecule has 2 rings (SSSR count). The molecule has 0 bridgehead atoms. The third kappa shape index (κ3) is 2.63. The first-order valence-corrected chi connectivity index (χ1v) is 7.64. The second-order valence-corrected chi connectivity index (χ2v) is 6.58. The molecule has 0 aromatic carbocycles. The van der Waals surface area contributed by atoms with Gasteiger partial charge in [-0.25, -0.2) is 4.98 Å². The van der Waals surface area contributed by atoms with E-state index in [0.29, 0.717) is 12.1 Å². The summed E-state index contributed by atoms with van der Waals surface area (Å²) in [5.41, 5.74) is 2.45. The van der Waals surface area contributed by atoms with E-state index in [-0.39, 0.29) is 11.0 Å². The monoisotopic (exact) mass is 291 g/mol. The molecule has 2 aromatic rings. The first kappa shape index (κ1) is 14.8. The van der Waals surface area contributed by atoms with Crippen molar-refractivity contribution in [3.05, 3.63) is 33.6 Å². The van der Waals surface area contributed by atoms with Crippen LogP contribution in [0.1, 0.15) is 33.4 Å². The minimum absolute atomic E-state index is 0.0351. The average molecular weight is 291 g/mol. The summed E-state index contributed by atoms with van der Waals surface area (Å²) in [6, 6.07) is 3.93. The highest BCUT2D eigenvalue weighted by molar-refractivity contribution is 7.14. The van der Waals surface area contributed by atoms with E-state index >= 15 is 0 Å². The highest BCUT2D eigenvalue weighted by Crippen LogP contribution is 2.25. The van der Waals surface area contributed by atoms with Crippen LogP contribution >= 0.6 is 11.3 Å². The van der Waals surface area contributed by atoms with Crippen LogP contribution in [0.25, 0.3) is 11.3 Å². The van der Waals surface area contributed by atoms with Crippen molar-refractivity contribution in [2.45, 2.75) is 39.7 Å². The van der Waals surface area contributed by atoms with Crippen LogP contribution in [-0.2, 0) is 12.0 Å². The van der Waals surface area contributed by atoms with Crippen molar-refractivity contribution in [2.24, 2.45) is 0 Å². The van der Waals surface area contributed by atoms with E-state index < -0.39 is 0 Å². The number of hydrogen-bond donors (Lipinski definition) is 1. The lowest BCUT2D eigenvalue weighted by molar-refractivity contribution is 0.511. The molecule has 0 aliphatic carbocycles. The molecule has 0 amide bonds. The smallest absolute Gasteiger partial charge is 0.260 e. The van der Waals surface area contributed by atoms with Gasteiger partial charge in [-0.05, 0) is 19.1 Å². The van der Waals surface area contributed by atoms with Crippen LogP contribution in [0.15, 0.2) is 22.3 Å². The number of hydrogen-bond acceptors (Lipinski definition) is 4. The second-order valence-electron chi connectivity index (χ2n) is 5.72. The van der Waals surface area contributed by atoms with Crippen LogP contribution in [0.4, 0.5) is 5.13 Å². The summed E-state index contributed by atoms with van der Waals surface area (Å²) < 4.78 is 1.84. The Morgan fingerprint density at radius 2 is 2.05 bits per heavy atom. The van der Waals surface area contributed by atoms with Crippen molar-refractivity contribution in [1.29, 1.82) is 0 Å². The van der Waals surface area contributed by atoms with Gasteiger partial charge in [-0.3, -0.25) is 4.79 Å². The highest BCUT2D eigenvalue weighted by Gasteiger charge is 2.20. The molecular formula is C15H21N3OS. The summed E-state index contributed by atoms with van der Waals surface area (Å²) in [6.45, 7) is 9.03. The zero-order chi connectivity index (χ0) is 14.9. The molecule has 0 spiro atoms. The van der Waals surface area contributed by atoms with Gasteiger partial charge in [-0.1, -0.05) is 20.8 Å². The van der Waals surface area contributed by atoms with Gasteiger partial charge in [0.05, 0.1) is 11.3 Å². The summed E-state index contributed by atoms with van der Waals surface area (Å²) in [5.74, 6) is 0. The van der Waals surface area contributed by atoms with Gasteiger partial charge < -0.3 is 9.88 Å². The number of aromatic nitrogens is 2. The first-order valence-electron chi connectivity index (χ1n) is 6.76. The zero-order valence-corrected chi connectivity index (χ0v) is 13.5. The number of pyridine rings is 1. The maximum absolute atomic E-state index is 12.7. The maximum Gasteiger partial charge on any atom is 0.260 e. The average Bonchev–Trinajstić information content (AvgIpc) is 2.85. The minimum atomic E-state index is -0.0497. The van der Waals surface area contributed by atoms with E-state index in [1.807, 2.05) is 36.1 Å². The molecule has 0 atom stereocenters. The fraction of sp³-hybridized carbons (Fsp3) is 0.467. The van der Waals surface area contributed by atoms with Crippen molar-refractivity contribution in [2.75, 3.05) is 12.4 Å². The Morgan fingerprint density at radius 3 is 2.55 bits per heavy atom. The van der Waals surface area contributed by atoms with Crippen LogP contribution in [-0.4, -0.2) is 16.6 Å². The summed E-state index contributed by atoms with van der Waals surface area (Å²) in [5, 5.41) is 5.74. The molecule has 20 heavy (non-hydrogen) atoms. The van der Waals surface area contributed by atoms with Crippen molar-refractivity contribution in [3.63, 3.8) is 0 Å². The molecule has 0 unspecified atom stereocenters. The second kappa shape index (κ2) is 5.40. The third-order valence-electron chi connectivity index (χ3n) is 3.25. The number of nitrogens with one attached hydrogen (secondary N) is 1. The van der Waals surface area contributed by atoms with Gasteiger partial charge in [0.1, 0.15) is 0 Å². The molecule has 0 aliphatic heterocycles. The Kier molecular flexibility index (Phi) is 3.99. The van der Waals surface area contributed by atoms with Gasteiger partial charge in [0.15, 0.2) is 5.13 Å². The summed E-state index contributed by atoms with van der Waals surface area (Å²) in [6.07, 6.45) is 0. The van der Waals surface area contributed by atoms with Crippen LogP contribution < -0.4 is 10.9 Å². The zero-order valence-electron chi connectivity index (χ0n) is 12.7. The predicted octanol–water partition coefficient (Wildman–Crippen LogP) is 3.33. The molecule has 0 aliphatic rings. The van der Waals surface area contributed by atoms with Gasteiger partial charge in [0.25, 0.3) is 5.56 Å². The molecular weight excluding hydrogens is 270 g/mol. The van der Waals surface area contributed by atoms with E-state index in [1.165, 1.54) is 11.3 Å². The molecule has 1 N–H and O–H groups in total. The number of rotatable bonds is 3. The Labute approximate surface area is 123 Å². The molecule has 108 valence electrons. The molecule has 0 radical (unpaired) electrons. The van der Waals surface area contributed by atoms with Crippen molar-refractivity contribution in [3.8, 4) is 11.3 Å². The van der Waals surface area contributed by atoms with E-state index in [1.54, 1.807) is 0 Å². The van der Waals surface area contributed by atoms with E-state index in [2.05, 4.69) is 31.1 Å². The minimum Gasteiger partial charge on any atom is -0.365 e. The molecule has 2 heterocycles. The normalized spacial score (nSPS) is 11.7. The van der Waals surface area contributed by atoms with Crippen LogP contribution in [0.3, 0.4) is 0 Å². The highest BCUT2D eigenvalue weighted by atomic mass is 32.1. The van der Waals surface area contributed by atoms with E-state index in [9.17, 15) is 4.79 Å². The topological polar surface area (TPSA) is 46.9 Å². The summed E-state index contributed by atoms with van der Waals surface area (Å²) >= 11 is 1.51. The Morgan fingerprint density at radius 1 is 1.35 bits per heavy atom. The van der Waals surface area contributed by atoms with Gasteiger partial charge in [0, 0.05) is 30.1 Å². The van der Waals surface area contributed by atoms with Crippen molar-refractivity contribution >= 4 is 16.5 Å². The molecule has 4 nitrogen and oxygen atoms in total. The standard InChI is InChI=1S/C15H21N3OS/c1-6-18-12(15(2,3)4)8-7-10(13(18)19)11-9-20-14(16-5)17-11/h7-9H,6H2,1-5H3,(H,16,17). The summed E-state index contributed by atoms with van der Waals surface area (Å²) in [4.78, 5) is 17.1. The first-order chi connectivity index (χ1) is 9.38. The van der Waals surface area contributed by atoms with Crippen LogP contribution in [0, 0.1) is 0 Å². The van der Waals surface area contributed by atoms with Gasteiger partial charge >= 0.3 is 0 Å². The molecule has 0 saturated carbocycles. The molecule has 0 fully saturated rings. The van der Waals surface area contributed by atoms with Crippen LogP contribution in [0.2, 0.25) is 0 Å². The Balaban J connectivity index is 2.60. The number of nitrogens with zero attached hydrogens (tertiary/aromatic N) is 2. The summed E-state index contributed by atoms with van der Waals surface area (Å²) in [7, 11) is 1.83. The Hall–Kier alpha value is -1.62. The molecule has 2 aromatic heterocycles. The Bertz CT molecular complexity index is 664. The van der Waals surface area contributed by atoms with Crippen LogP contribution in [0.5, 0.6) is 0 Å². The lowest BCUT2D eigenvalue weighted by atomic mass is 9.90. The SMILES string of the molecule is CCn1c(C(C)(C)C)ccc(-c2csc(NC)n2)c1=O. The fourth-order valence-corrected chi connectivity index (χ4v) is 2.93. The van der Waals surface area contributed by atoms with Gasteiger partial charge in [-0.2, -0.15) is 0 Å². The maximum atomic E-state index is 12.7. The molecule has 0 saturated heterocycles.